The molecule has 4 unspecified atom stereocenters. The fraction of sp³-hybridized carbons (Fsp3) is 1.00. The van der Waals surface area contributed by atoms with Gasteiger partial charge in [0.15, 0.2) is 0 Å². The molecule has 0 spiro atoms. The van der Waals surface area contributed by atoms with Gasteiger partial charge in [-0.1, -0.05) is 13.8 Å². The molecule has 0 radical (unpaired) electrons. The van der Waals surface area contributed by atoms with E-state index < -0.39 is 0 Å². The SMILES string of the molecule is CC1CCC(NC2CCOC2)C1C. The van der Waals surface area contributed by atoms with Gasteiger partial charge in [0.2, 0.25) is 0 Å². The largest absolute Gasteiger partial charge is 0.380 e. The molecule has 1 saturated carbocycles. The maximum absolute atomic E-state index is 5.37. The molecule has 2 aliphatic rings. The Kier molecular flexibility index (Phi) is 2.89. The van der Waals surface area contributed by atoms with Crippen molar-refractivity contribution in [2.75, 3.05) is 13.2 Å². The average molecular weight is 183 g/mol. The molecule has 0 aromatic rings. The van der Waals surface area contributed by atoms with Crippen molar-refractivity contribution < 1.29 is 4.74 Å². The topological polar surface area (TPSA) is 21.3 Å². The molecule has 4 atom stereocenters. The summed E-state index contributed by atoms with van der Waals surface area (Å²) in [6.45, 7) is 6.63. The highest BCUT2D eigenvalue weighted by Gasteiger charge is 2.31. The standard InChI is InChI=1S/C11H21NO/c1-8-3-4-11(9(8)2)12-10-5-6-13-7-10/h8-12H,3-7H2,1-2H3. The van der Waals surface area contributed by atoms with E-state index >= 15 is 0 Å². The van der Waals surface area contributed by atoms with Crippen LogP contribution < -0.4 is 5.32 Å². The lowest BCUT2D eigenvalue weighted by Gasteiger charge is -2.22. The lowest BCUT2D eigenvalue weighted by atomic mass is 9.97. The maximum Gasteiger partial charge on any atom is 0.0620 e. The third kappa shape index (κ3) is 2.05. The fourth-order valence-electron chi connectivity index (χ4n) is 2.57. The van der Waals surface area contributed by atoms with E-state index in [4.69, 9.17) is 4.74 Å². The van der Waals surface area contributed by atoms with E-state index in [1.165, 1.54) is 19.3 Å². The lowest BCUT2D eigenvalue weighted by molar-refractivity contribution is 0.186. The molecule has 0 amide bonds. The Balaban J connectivity index is 1.81. The van der Waals surface area contributed by atoms with Crippen molar-refractivity contribution in [3.05, 3.63) is 0 Å². The predicted octanol–water partition coefficient (Wildman–Crippen LogP) is 1.80. The predicted molar refractivity (Wildman–Crippen MR) is 53.7 cm³/mol. The molecule has 0 aromatic heterocycles. The van der Waals surface area contributed by atoms with Crippen LogP contribution >= 0.6 is 0 Å². The van der Waals surface area contributed by atoms with Crippen molar-refractivity contribution in [3.8, 4) is 0 Å². The van der Waals surface area contributed by atoms with Gasteiger partial charge in [0, 0.05) is 18.7 Å². The number of hydrogen-bond acceptors (Lipinski definition) is 2. The Morgan fingerprint density at radius 3 is 2.54 bits per heavy atom. The quantitative estimate of drug-likeness (QED) is 0.705. The maximum atomic E-state index is 5.37. The molecule has 2 heteroatoms. The third-order valence-corrected chi connectivity index (χ3v) is 3.84. The van der Waals surface area contributed by atoms with Crippen molar-refractivity contribution in [2.24, 2.45) is 11.8 Å². The molecule has 0 aromatic carbocycles. The van der Waals surface area contributed by atoms with Crippen LogP contribution in [0, 0.1) is 11.8 Å². The Hall–Kier alpha value is -0.0800. The summed E-state index contributed by atoms with van der Waals surface area (Å²) >= 11 is 0. The van der Waals surface area contributed by atoms with Crippen molar-refractivity contribution in [1.82, 2.24) is 5.32 Å². The first-order valence-corrected chi connectivity index (χ1v) is 5.61. The van der Waals surface area contributed by atoms with Gasteiger partial charge in [0.05, 0.1) is 6.61 Å². The summed E-state index contributed by atoms with van der Waals surface area (Å²) in [6.07, 6.45) is 3.96. The van der Waals surface area contributed by atoms with Crippen LogP contribution in [0.1, 0.15) is 33.1 Å². The highest BCUT2D eigenvalue weighted by atomic mass is 16.5. The van der Waals surface area contributed by atoms with Crippen LogP contribution in [0.5, 0.6) is 0 Å². The summed E-state index contributed by atoms with van der Waals surface area (Å²) in [5.74, 6) is 1.75. The van der Waals surface area contributed by atoms with Gasteiger partial charge in [-0.25, -0.2) is 0 Å². The molecule has 2 fully saturated rings. The minimum absolute atomic E-state index is 0.637. The van der Waals surface area contributed by atoms with Gasteiger partial charge >= 0.3 is 0 Å². The lowest BCUT2D eigenvalue weighted by Crippen LogP contribution is -2.40. The van der Waals surface area contributed by atoms with E-state index in [9.17, 15) is 0 Å². The number of rotatable bonds is 2. The van der Waals surface area contributed by atoms with E-state index in [2.05, 4.69) is 19.2 Å². The second kappa shape index (κ2) is 3.97. The van der Waals surface area contributed by atoms with Gasteiger partial charge in [-0.2, -0.15) is 0 Å². The molecule has 1 heterocycles. The van der Waals surface area contributed by atoms with E-state index in [0.717, 1.165) is 31.1 Å². The van der Waals surface area contributed by atoms with Crippen LogP contribution in [-0.4, -0.2) is 25.3 Å². The molecule has 1 saturated heterocycles. The van der Waals surface area contributed by atoms with Crippen LogP contribution in [0.4, 0.5) is 0 Å². The zero-order valence-corrected chi connectivity index (χ0v) is 8.75. The minimum Gasteiger partial charge on any atom is -0.380 e. The van der Waals surface area contributed by atoms with E-state index in [0.29, 0.717) is 6.04 Å². The molecule has 0 bridgehead atoms. The smallest absolute Gasteiger partial charge is 0.0620 e. The van der Waals surface area contributed by atoms with Crippen LogP contribution in [0.25, 0.3) is 0 Å². The van der Waals surface area contributed by atoms with Gasteiger partial charge in [0.1, 0.15) is 0 Å². The fourth-order valence-corrected chi connectivity index (χ4v) is 2.57. The van der Waals surface area contributed by atoms with Crippen molar-refractivity contribution >= 4 is 0 Å². The van der Waals surface area contributed by atoms with Crippen molar-refractivity contribution in [3.63, 3.8) is 0 Å². The average Bonchev–Trinajstić information content (AvgIpc) is 2.71. The molecule has 2 rings (SSSR count). The summed E-state index contributed by atoms with van der Waals surface area (Å²) in [5, 5.41) is 3.73. The molecule has 1 aliphatic carbocycles. The normalized spacial score (nSPS) is 45.7. The van der Waals surface area contributed by atoms with Crippen molar-refractivity contribution in [2.45, 2.75) is 45.2 Å². The second-order valence-corrected chi connectivity index (χ2v) is 4.75. The number of hydrogen-bond donors (Lipinski definition) is 1. The van der Waals surface area contributed by atoms with E-state index in [1.807, 2.05) is 0 Å². The molecular formula is C11H21NO. The number of nitrogens with one attached hydrogen (secondary N) is 1. The van der Waals surface area contributed by atoms with Gasteiger partial charge in [-0.05, 0) is 31.1 Å². The van der Waals surface area contributed by atoms with Gasteiger partial charge in [0.25, 0.3) is 0 Å². The second-order valence-electron chi connectivity index (χ2n) is 4.75. The summed E-state index contributed by atoms with van der Waals surface area (Å²) in [4.78, 5) is 0. The number of ether oxygens (including phenoxy) is 1. The van der Waals surface area contributed by atoms with Crippen LogP contribution in [0.2, 0.25) is 0 Å². The molecule has 1 N–H and O–H groups in total. The first-order chi connectivity index (χ1) is 6.27. The Morgan fingerprint density at radius 1 is 1.15 bits per heavy atom. The minimum atomic E-state index is 0.637. The zero-order valence-electron chi connectivity index (χ0n) is 8.75. The summed E-state index contributed by atoms with van der Waals surface area (Å²) in [7, 11) is 0. The Bertz CT molecular complexity index is 165. The molecular weight excluding hydrogens is 162 g/mol. The van der Waals surface area contributed by atoms with E-state index in [-0.39, 0.29) is 0 Å². The Morgan fingerprint density at radius 2 is 2.00 bits per heavy atom. The van der Waals surface area contributed by atoms with Gasteiger partial charge < -0.3 is 10.1 Å². The zero-order chi connectivity index (χ0) is 9.26. The molecule has 13 heavy (non-hydrogen) atoms. The van der Waals surface area contributed by atoms with Crippen LogP contribution in [-0.2, 0) is 4.74 Å². The molecule has 1 aliphatic heterocycles. The van der Waals surface area contributed by atoms with Crippen LogP contribution in [0.3, 0.4) is 0 Å². The van der Waals surface area contributed by atoms with E-state index in [1.54, 1.807) is 0 Å². The first kappa shape index (κ1) is 9.47. The third-order valence-electron chi connectivity index (χ3n) is 3.84. The summed E-state index contributed by atoms with van der Waals surface area (Å²) in [5.41, 5.74) is 0. The first-order valence-electron chi connectivity index (χ1n) is 5.61. The van der Waals surface area contributed by atoms with Crippen molar-refractivity contribution in [1.29, 1.82) is 0 Å². The highest BCUT2D eigenvalue weighted by molar-refractivity contribution is 4.87. The molecule has 76 valence electrons. The monoisotopic (exact) mass is 183 g/mol. The van der Waals surface area contributed by atoms with Gasteiger partial charge in [-0.15, -0.1) is 0 Å². The summed E-state index contributed by atoms with van der Waals surface area (Å²) in [6, 6.07) is 1.39. The van der Waals surface area contributed by atoms with Crippen LogP contribution in [0.15, 0.2) is 0 Å². The molecule has 2 nitrogen and oxygen atoms in total. The summed E-state index contributed by atoms with van der Waals surface area (Å²) < 4.78 is 5.37. The van der Waals surface area contributed by atoms with Gasteiger partial charge in [-0.3, -0.25) is 0 Å². The highest BCUT2D eigenvalue weighted by Crippen LogP contribution is 2.31. The Labute approximate surface area is 81.0 Å².